The van der Waals surface area contributed by atoms with E-state index in [0.29, 0.717) is 4.47 Å². The van der Waals surface area contributed by atoms with Gasteiger partial charge in [-0.2, -0.15) is 0 Å². The van der Waals surface area contributed by atoms with Crippen LogP contribution in [0, 0.1) is 0 Å². The minimum absolute atomic E-state index is 0.0337. The first-order chi connectivity index (χ1) is 9.31. The van der Waals surface area contributed by atoms with E-state index in [1.54, 1.807) is 0 Å². The van der Waals surface area contributed by atoms with E-state index >= 15 is 0 Å². The number of amides is 2. The summed E-state index contributed by atoms with van der Waals surface area (Å²) in [5, 5.41) is 11.2. The maximum atomic E-state index is 11.9. The number of hydrogen-bond donors (Lipinski definition) is 3. The third-order valence-corrected chi connectivity index (χ3v) is 3.07. The smallest absolute Gasteiger partial charge is 0.326 e. The number of hydrogen-bond acceptors (Lipinski definition) is 4. The molecule has 2 amide bonds. The second kappa shape index (κ2) is 7.20. The maximum absolute atomic E-state index is 11.9. The number of carbonyl (C=O) groups excluding carboxylic acids is 2. The second-order valence-electron chi connectivity index (χ2n) is 3.86. The zero-order valence-electron chi connectivity index (χ0n) is 10.1. The van der Waals surface area contributed by atoms with E-state index in [-0.39, 0.29) is 23.6 Å². The lowest BCUT2D eigenvalue weighted by Gasteiger charge is -2.14. The predicted molar refractivity (Wildman–Crippen MR) is 74.3 cm³/mol. The molecule has 0 saturated carbocycles. The number of nitrogens with zero attached hydrogens (tertiary/aromatic N) is 1. The van der Waals surface area contributed by atoms with Gasteiger partial charge in [0, 0.05) is 17.1 Å². The van der Waals surface area contributed by atoms with E-state index in [0.717, 1.165) is 0 Å². The van der Waals surface area contributed by atoms with Crippen LogP contribution in [0.4, 0.5) is 0 Å². The Kier molecular flexibility index (Phi) is 5.90. The molecule has 0 fully saturated rings. The fourth-order valence-corrected chi connectivity index (χ4v) is 1.88. The van der Waals surface area contributed by atoms with Crippen molar-refractivity contribution < 1.29 is 19.5 Å². The molecule has 0 saturated heterocycles. The van der Waals surface area contributed by atoms with E-state index in [1.165, 1.54) is 12.3 Å². The predicted octanol–water partition coefficient (Wildman–Crippen LogP) is 0.946. The summed E-state index contributed by atoms with van der Waals surface area (Å²) in [5.41, 5.74) is 4.98. The number of pyridine rings is 1. The Morgan fingerprint density at radius 2 is 2.15 bits per heavy atom. The zero-order chi connectivity index (χ0) is 15.3. The highest BCUT2D eigenvalue weighted by Crippen LogP contribution is 2.18. The van der Waals surface area contributed by atoms with Gasteiger partial charge in [-0.3, -0.25) is 9.59 Å². The third-order valence-electron chi connectivity index (χ3n) is 2.33. The molecule has 4 N–H and O–H groups in total. The van der Waals surface area contributed by atoms with Gasteiger partial charge in [0.05, 0.1) is 5.56 Å². The van der Waals surface area contributed by atoms with E-state index in [2.05, 4.69) is 26.2 Å². The maximum Gasteiger partial charge on any atom is 0.326 e. The summed E-state index contributed by atoms with van der Waals surface area (Å²) in [6.07, 6.45) is 1.15. The summed E-state index contributed by atoms with van der Waals surface area (Å²) in [5.74, 6) is -2.60. The number of aromatic nitrogens is 1. The molecule has 1 atom stereocenters. The number of carboxylic acids is 1. The van der Waals surface area contributed by atoms with Crippen LogP contribution in [0.1, 0.15) is 23.2 Å². The Balaban J connectivity index is 2.82. The molecule has 7 nitrogen and oxygen atoms in total. The molecule has 0 aliphatic rings. The van der Waals surface area contributed by atoms with Gasteiger partial charge in [0.2, 0.25) is 5.91 Å². The van der Waals surface area contributed by atoms with Gasteiger partial charge >= 0.3 is 5.97 Å². The first kappa shape index (κ1) is 16.4. The normalized spacial score (nSPS) is 11.7. The number of nitrogens with one attached hydrogen (secondary N) is 1. The third kappa shape index (κ3) is 4.78. The molecular formula is C11H11BrClN3O4. The van der Waals surface area contributed by atoms with Crippen LogP contribution in [-0.4, -0.2) is 33.9 Å². The van der Waals surface area contributed by atoms with Crippen molar-refractivity contribution in [2.45, 2.75) is 18.9 Å². The highest BCUT2D eigenvalue weighted by molar-refractivity contribution is 9.10. The lowest BCUT2D eigenvalue weighted by Crippen LogP contribution is -2.41. The van der Waals surface area contributed by atoms with E-state index < -0.39 is 23.8 Å². The molecule has 108 valence electrons. The van der Waals surface area contributed by atoms with Gasteiger partial charge in [0.1, 0.15) is 11.2 Å². The number of primary amides is 1. The molecule has 0 radical (unpaired) electrons. The Labute approximate surface area is 127 Å². The number of carbonyl (C=O) groups is 3. The van der Waals surface area contributed by atoms with Crippen molar-refractivity contribution >= 4 is 45.3 Å². The topological polar surface area (TPSA) is 122 Å². The van der Waals surface area contributed by atoms with Crippen LogP contribution >= 0.6 is 27.5 Å². The summed E-state index contributed by atoms with van der Waals surface area (Å²) < 4.78 is 0.524. The van der Waals surface area contributed by atoms with Crippen LogP contribution in [0.2, 0.25) is 5.15 Å². The van der Waals surface area contributed by atoms with Gasteiger partial charge in [-0.15, -0.1) is 0 Å². The van der Waals surface area contributed by atoms with Crippen LogP contribution in [0.25, 0.3) is 0 Å². The average molecular weight is 365 g/mol. The van der Waals surface area contributed by atoms with Crippen LogP contribution in [0.3, 0.4) is 0 Å². The molecule has 9 heteroatoms. The molecular weight excluding hydrogens is 353 g/mol. The monoisotopic (exact) mass is 363 g/mol. The molecule has 0 spiro atoms. The minimum atomic E-state index is -1.27. The first-order valence-electron chi connectivity index (χ1n) is 5.44. The fourth-order valence-electron chi connectivity index (χ4n) is 1.36. The van der Waals surface area contributed by atoms with Crippen molar-refractivity contribution in [1.29, 1.82) is 0 Å². The van der Waals surface area contributed by atoms with E-state index in [9.17, 15) is 14.4 Å². The Morgan fingerprint density at radius 1 is 1.50 bits per heavy atom. The SMILES string of the molecule is NC(=O)CC[C@H](NC(=O)c1cc(Br)cnc1Cl)C(=O)O. The van der Waals surface area contributed by atoms with Crippen LogP contribution < -0.4 is 11.1 Å². The van der Waals surface area contributed by atoms with E-state index in [4.69, 9.17) is 22.4 Å². The number of halogens is 2. The van der Waals surface area contributed by atoms with Gasteiger partial charge in [-0.05, 0) is 28.4 Å². The van der Waals surface area contributed by atoms with Gasteiger partial charge < -0.3 is 16.2 Å². The standard InChI is InChI=1S/C11H11BrClN3O4/c12-5-3-6(9(13)15-4-5)10(18)16-7(11(19)20)1-2-8(14)17/h3-4,7H,1-2H2,(H2,14,17)(H,16,18)(H,19,20)/t7-/m0/s1. The summed E-state index contributed by atoms with van der Waals surface area (Å²) in [4.78, 5) is 37.4. The minimum Gasteiger partial charge on any atom is -0.480 e. The molecule has 0 aliphatic carbocycles. The molecule has 1 aromatic heterocycles. The summed E-state index contributed by atoms with van der Waals surface area (Å²) in [6, 6.07) is 0.183. The van der Waals surface area contributed by atoms with Crippen molar-refractivity contribution in [3.63, 3.8) is 0 Å². The molecule has 0 aliphatic heterocycles. The quantitative estimate of drug-likeness (QED) is 0.649. The molecule has 20 heavy (non-hydrogen) atoms. The average Bonchev–Trinajstić information content (AvgIpc) is 2.36. The highest BCUT2D eigenvalue weighted by atomic mass is 79.9. The molecule has 0 aromatic carbocycles. The van der Waals surface area contributed by atoms with Gasteiger partial charge in [0.25, 0.3) is 5.91 Å². The van der Waals surface area contributed by atoms with Crippen molar-refractivity contribution in [2.75, 3.05) is 0 Å². The first-order valence-corrected chi connectivity index (χ1v) is 6.61. The second-order valence-corrected chi connectivity index (χ2v) is 5.13. The summed E-state index contributed by atoms with van der Waals surface area (Å²) >= 11 is 8.90. The van der Waals surface area contributed by atoms with Crippen molar-refractivity contribution in [1.82, 2.24) is 10.3 Å². The summed E-state index contributed by atoms with van der Waals surface area (Å²) in [6.45, 7) is 0. The summed E-state index contributed by atoms with van der Waals surface area (Å²) in [7, 11) is 0. The number of nitrogens with two attached hydrogens (primary N) is 1. The van der Waals surface area contributed by atoms with Crippen LogP contribution in [0.5, 0.6) is 0 Å². The van der Waals surface area contributed by atoms with Gasteiger partial charge in [-0.1, -0.05) is 11.6 Å². The Morgan fingerprint density at radius 3 is 2.70 bits per heavy atom. The lowest BCUT2D eigenvalue weighted by molar-refractivity contribution is -0.139. The number of carboxylic acid groups (broad SMARTS) is 1. The zero-order valence-corrected chi connectivity index (χ0v) is 12.4. The van der Waals surface area contributed by atoms with Crippen molar-refractivity contribution in [3.8, 4) is 0 Å². The molecule has 1 heterocycles. The van der Waals surface area contributed by atoms with Crippen LogP contribution in [0.15, 0.2) is 16.7 Å². The highest BCUT2D eigenvalue weighted by Gasteiger charge is 2.22. The fraction of sp³-hybridized carbons (Fsp3) is 0.273. The van der Waals surface area contributed by atoms with Crippen molar-refractivity contribution in [3.05, 3.63) is 27.5 Å². The van der Waals surface area contributed by atoms with Gasteiger partial charge in [-0.25, -0.2) is 9.78 Å². The Hall–Kier alpha value is -1.67. The largest absolute Gasteiger partial charge is 0.480 e. The molecule has 1 rings (SSSR count). The van der Waals surface area contributed by atoms with Crippen LogP contribution in [-0.2, 0) is 9.59 Å². The molecule has 0 bridgehead atoms. The lowest BCUT2D eigenvalue weighted by atomic mass is 10.1. The molecule has 0 unspecified atom stereocenters. The Bertz CT molecular complexity index is 552. The van der Waals surface area contributed by atoms with E-state index in [1.807, 2.05) is 0 Å². The number of aliphatic carboxylic acids is 1. The molecule has 1 aromatic rings. The van der Waals surface area contributed by atoms with Crippen molar-refractivity contribution in [2.24, 2.45) is 5.73 Å². The van der Waals surface area contributed by atoms with Gasteiger partial charge in [0.15, 0.2) is 0 Å². The number of rotatable bonds is 6.